The van der Waals surface area contributed by atoms with Crippen molar-refractivity contribution in [2.24, 2.45) is 0 Å². The third kappa shape index (κ3) is 2.14. The Hall–Kier alpha value is -2.00. The number of aryl methyl sites for hydroxylation is 1. The van der Waals surface area contributed by atoms with Crippen LogP contribution in [0.2, 0.25) is 0 Å². The van der Waals surface area contributed by atoms with Crippen molar-refractivity contribution in [3.05, 3.63) is 54.1 Å². The fourth-order valence-corrected chi connectivity index (χ4v) is 2.55. The SMILES string of the molecule is COc1ccc(-c2[o+]c3ccccc3c(C)c2S)cc1. The summed E-state index contributed by atoms with van der Waals surface area (Å²) in [5, 5.41) is 1.09. The standard InChI is InChI=1S/C17H14O2S/c1-11-14-5-3-4-6-15(14)19-16(17(11)20)12-7-9-13(18-2)10-8-12/h3-10H,1-2H3/p+1. The normalized spacial score (nSPS) is 10.8. The van der Waals surface area contributed by atoms with Crippen LogP contribution < -0.4 is 4.74 Å². The zero-order valence-electron chi connectivity index (χ0n) is 11.4. The van der Waals surface area contributed by atoms with Crippen LogP contribution in [0.5, 0.6) is 5.75 Å². The topological polar surface area (TPSA) is 20.5 Å². The van der Waals surface area contributed by atoms with Gasteiger partial charge in [-0.25, -0.2) is 4.42 Å². The van der Waals surface area contributed by atoms with Gasteiger partial charge < -0.3 is 4.74 Å². The van der Waals surface area contributed by atoms with Crippen LogP contribution in [0.25, 0.3) is 22.3 Å². The van der Waals surface area contributed by atoms with Gasteiger partial charge in [-0.05, 0) is 42.8 Å². The van der Waals surface area contributed by atoms with Crippen LogP contribution in [-0.4, -0.2) is 7.11 Å². The molecule has 20 heavy (non-hydrogen) atoms. The van der Waals surface area contributed by atoms with Gasteiger partial charge in [0.2, 0.25) is 0 Å². The summed E-state index contributed by atoms with van der Waals surface area (Å²) in [6.07, 6.45) is 0. The molecule has 0 fully saturated rings. The van der Waals surface area contributed by atoms with Gasteiger partial charge in [0.15, 0.2) is 0 Å². The van der Waals surface area contributed by atoms with Crippen molar-refractivity contribution in [2.45, 2.75) is 11.8 Å². The zero-order chi connectivity index (χ0) is 14.1. The summed E-state index contributed by atoms with van der Waals surface area (Å²) >= 11 is 4.62. The van der Waals surface area contributed by atoms with Crippen LogP contribution >= 0.6 is 12.6 Å². The molecule has 0 saturated heterocycles. The average Bonchev–Trinajstić information content (AvgIpc) is 2.51. The maximum absolute atomic E-state index is 6.02. The van der Waals surface area contributed by atoms with E-state index in [0.29, 0.717) is 0 Å². The number of benzene rings is 2. The van der Waals surface area contributed by atoms with Crippen LogP contribution in [0.1, 0.15) is 5.56 Å². The molecule has 0 spiro atoms. The van der Waals surface area contributed by atoms with Crippen LogP contribution in [0.4, 0.5) is 0 Å². The molecular weight excluding hydrogens is 268 g/mol. The molecule has 0 aliphatic heterocycles. The van der Waals surface area contributed by atoms with E-state index >= 15 is 0 Å². The van der Waals surface area contributed by atoms with Gasteiger partial charge >= 0.3 is 11.3 Å². The minimum absolute atomic E-state index is 0.784. The minimum Gasteiger partial charge on any atom is -0.497 e. The Bertz CT molecular complexity index is 764. The summed E-state index contributed by atoms with van der Waals surface area (Å²) in [6, 6.07) is 15.8. The van der Waals surface area contributed by atoms with E-state index in [1.165, 1.54) is 0 Å². The second-order valence-electron chi connectivity index (χ2n) is 4.63. The molecule has 2 nitrogen and oxygen atoms in total. The quantitative estimate of drug-likeness (QED) is 0.528. The van der Waals surface area contributed by atoms with Crippen molar-refractivity contribution in [2.75, 3.05) is 7.11 Å². The molecule has 3 aromatic rings. The second kappa shape index (κ2) is 5.17. The molecular formula is C17H15O2S+. The molecule has 0 amide bonds. The van der Waals surface area contributed by atoms with Crippen LogP contribution in [-0.2, 0) is 0 Å². The molecule has 3 heteroatoms. The fraction of sp³-hybridized carbons (Fsp3) is 0.118. The molecule has 1 heterocycles. The highest BCUT2D eigenvalue weighted by atomic mass is 32.1. The number of para-hydroxylation sites is 1. The highest BCUT2D eigenvalue weighted by molar-refractivity contribution is 7.80. The van der Waals surface area contributed by atoms with Crippen molar-refractivity contribution in [1.82, 2.24) is 0 Å². The molecule has 0 aliphatic carbocycles. The Labute approximate surface area is 123 Å². The largest absolute Gasteiger partial charge is 0.497 e. The van der Waals surface area contributed by atoms with Gasteiger partial charge in [0.1, 0.15) is 10.6 Å². The maximum atomic E-state index is 6.02. The Balaban J connectivity index is 2.22. The summed E-state index contributed by atoms with van der Waals surface area (Å²) < 4.78 is 11.2. The van der Waals surface area contributed by atoms with Crippen LogP contribution in [0.15, 0.2) is 57.8 Å². The monoisotopic (exact) mass is 283 g/mol. The molecule has 100 valence electrons. The van der Waals surface area contributed by atoms with Crippen molar-refractivity contribution in [3.8, 4) is 17.1 Å². The summed E-state index contributed by atoms with van der Waals surface area (Å²) in [5.41, 5.74) is 2.99. The lowest BCUT2D eigenvalue weighted by Crippen LogP contribution is -1.88. The molecule has 0 atom stereocenters. The molecule has 0 saturated carbocycles. The Kier molecular flexibility index (Phi) is 3.36. The number of hydrogen-bond donors (Lipinski definition) is 1. The van der Waals surface area contributed by atoms with Gasteiger partial charge in [-0.1, -0.05) is 12.1 Å². The predicted molar refractivity (Wildman–Crippen MR) is 84.6 cm³/mol. The molecule has 0 N–H and O–H groups in total. The van der Waals surface area contributed by atoms with E-state index in [4.69, 9.17) is 9.15 Å². The molecule has 3 rings (SSSR count). The van der Waals surface area contributed by atoms with E-state index in [0.717, 1.165) is 38.5 Å². The van der Waals surface area contributed by atoms with Gasteiger partial charge in [0, 0.05) is 6.07 Å². The second-order valence-corrected chi connectivity index (χ2v) is 5.08. The summed E-state index contributed by atoms with van der Waals surface area (Å²) in [5.74, 6) is 1.61. The lowest BCUT2D eigenvalue weighted by atomic mass is 10.1. The molecule has 2 aromatic carbocycles. The Morgan fingerprint density at radius 1 is 1.00 bits per heavy atom. The first-order valence-corrected chi connectivity index (χ1v) is 6.84. The van der Waals surface area contributed by atoms with Crippen LogP contribution in [0.3, 0.4) is 0 Å². The summed E-state index contributed by atoms with van der Waals surface area (Å²) in [6.45, 7) is 2.06. The van der Waals surface area contributed by atoms with E-state index in [9.17, 15) is 0 Å². The average molecular weight is 283 g/mol. The van der Waals surface area contributed by atoms with E-state index in [1.54, 1.807) is 7.11 Å². The third-order valence-corrected chi connectivity index (χ3v) is 3.96. The first-order chi connectivity index (χ1) is 9.70. The minimum atomic E-state index is 0.784. The number of hydrogen-bond acceptors (Lipinski definition) is 2. The number of rotatable bonds is 2. The van der Waals surface area contributed by atoms with E-state index in [1.807, 2.05) is 48.5 Å². The van der Waals surface area contributed by atoms with Gasteiger partial charge in [-0.15, -0.1) is 12.6 Å². The lowest BCUT2D eigenvalue weighted by Gasteiger charge is -2.02. The molecule has 0 bridgehead atoms. The van der Waals surface area contributed by atoms with Gasteiger partial charge in [0.25, 0.3) is 0 Å². The summed E-state index contributed by atoms with van der Waals surface area (Å²) in [4.78, 5) is 0.869. The van der Waals surface area contributed by atoms with Crippen molar-refractivity contribution >= 4 is 23.6 Å². The lowest BCUT2D eigenvalue weighted by molar-refractivity contribution is 0.415. The van der Waals surface area contributed by atoms with Gasteiger partial charge in [-0.3, -0.25) is 0 Å². The van der Waals surface area contributed by atoms with Crippen molar-refractivity contribution in [1.29, 1.82) is 0 Å². The van der Waals surface area contributed by atoms with Crippen molar-refractivity contribution < 1.29 is 9.15 Å². The highest BCUT2D eigenvalue weighted by Crippen LogP contribution is 2.35. The Morgan fingerprint density at radius 2 is 1.70 bits per heavy atom. The summed E-state index contributed by atoms with van der Waals surface area (Å²) in [7, 11) is 1.66. The first-order valence-electron chi connectivity index (χ1n) is 6.39. The van der Waals surface area contributed by atoms with Crippen molar-refractivity contribution in [3.63, 3.8) is 0 Å². The number of fused-ring (bicyclic) bond motifs is 1. The number of methoxy groups -OCH3 is 1. The smallest absolute Gasteiger partial charge is 0.374 e. The molecule has 0 aliphatic rings. The number of ether oxygens (including phenoxy) is 1. The maximum Gasteiger partial charge on any atom is 0.374 e. The molecule has 0 unspecified atom stereocenters. The zero-order valence-corrected chi connectivity index (χ0v) is 12.3. The van der Waals surface area contributed by atoms with Crippen LogP contribution in [0, 0.1) is 6.92 Å². The van der Waals surface area contributed by atoms with E-state index in [-0.39, 0.29) is 0 Å². The molecule has 0 radical (unpaired) electrons. The molecule has 1 aromatic heterocycles. The predicted octanol–water partition coefficient (Wildman–Crippen LogP) is 4.99. The van der Waals surface area contributed by atoms with E-state index < -0.39 is 0 Å². The van der Waals surface area contributed by atoms with Gasteiger partial charge in [-0.2, -0.15) is 0 Å². The number of thiol groups is 1. The van der Waals surface area contributed by atoms with E-state index in [2.05, 4.69) is 19.6 Å². The highest BCUT2D eigenvalue weighted by Gasteiger charge is 2.22. The first kappa shape index (κ1) is 13.0. The third-order valence-electron chi connectivity index (χ3n) is 3.43. The Morgan fingerprint density at radius 3 is 2.40 bits per heavy atom. The fourth-order valence-electron chi connectivity index (χ4n) is 2.26. The van der Waals surface area contributed by atoms with Gasteiger partial charge in [0.05, 0.1) is 18.1 Å².